The molecule has 3 heterocycles. The lowest BCUT2D eigenvalue weighted by Gasteiger charge is -2.10. The second kappa shape index (κ2) is 8.83. The van der Waals surface area contributed by atoms with Crippen molar-refractivity contribution < 1.29 is 4.42 Å². The third-order valence-corrected chi connectivity index (χ3v) is 8.64. The molecule has 8 aromatic rings. The lowest BCUT2D eigenvalue weighted by Crippen LogP contribution is -2.00. The molecule has 0 atom stereocenters. The molecule has 0 bridgehead atoms. The molecule has 39 heavy (non-hydrogen) atoms. The van der Waals surface area contributed by atoms with E-state index in [0.717, 1.165) is 48.5 Å². The monoisotopic (exact) mass is 583 g/mol. The van der Waals surface area contributed by atoms with Crippen LogP contribution >= 0.6 is 27.3 Å². The summed E-state index contributed by atoms with van der Waals surface area (Å²) in [6.45, 7) is 0. The molecule has 0 radical (unpaired) electrons. The highest BCUT2D eigenvalue weighted by molar-refractivity contribution is 9.10. The Labute approximate surface area is 235 Å². The van der Waals surface area contributed by atoms with Crippen molar-refractivity contribution in [2.24, 2.45) is 0 Å². The van der Waals surface area contributed by atoms with Gasteiger partial charge in [0.1, 0.15) is 11.2 Å². The summed E-state index contributed by atoms with van der Waals surface area (Å²) in [6.07, 6.45) is 0. The minimum absolute atomic E-state index is 0.619. The number of para-hydroxylation sites is 1. The van der Waals surface area contributed by atoms with Crippen molar-refractivity contribution in [3.05, 3.63) is 114 Å². The van der Waals surface area contributed by atoms with Crippen molar-refractivity contribution in [3.8, 4) is 34.2 Å². The molecule has 0 saturated heterocycles. The van der Waals surface area contributed by atoms with E-state index in [2.05, 4.69) is 64.5 Å². The summed E-state index contributed by atoms with van der Waals surface area (Å²) in [6, 6.07) is 37.0. The van der Waals surface area contributed by atoms with E-state index in [9.17, 15) is 0 Å². The molecule has 8 rings (SSSR count). The van der Waals surface area contributed by atoms with E-state index >= 15 is 0 Å². The van der Waals surface area contributed by atoms with Crippen LogP contribution in [-0.2, 0) is 0 Å². The molecule has 3 aromatic heterocycles. The molecule has 0 saturated carbocycles. The predicted molar refractivity (Wildman–Crippen MR) is 164 cm³/mol. The van der Waals surface area contributed by atoms with E-state index in [0.29, 0.717) is 17.5 Å². The third-order valence-electron chi connectivity index (χ3n) is 7.01. The molecule has 4 nitrogen and oxygen atoms in total. The van der Waals surface area contributed by atoms with E-state index in [1.807, 2.05) is 60.7 Å². The quantitative estimate of drug-likeness (QED) is 0.207. The summed E-state index contributed by atoms with van der Waals surface area (Å²) >= 11 is 5.44. The molecule has 0 fully saturated rings. The number of halogens is 1. The number of hydrogen-bond donors (Lipinski definition) is 0. The van der Waals surface area contributed by atoms with Gasteiger partial charge in [0, 0.05) is 52.1 Å². The van der Waals surface area contributed by atoms with Crippen LogP contribution < -0.4 is 0 Å². The summed E-state index contributed by atoms with van der Waals surface area (Å²) in [5, 5.41) is 4.39. The van der Waals surface area contributed by atoms with Crippen LogP contribution in [0.25, 0.3) is 76.3 Å². The highest BCUT2D eigenvalue weighted by Gasteiger charge is 2.19. The zero-order chi connectivity index (χ0) is 25.9. The van der Waals surface area contributed by atoms with E-state index < -0.39 is 0 Å². The molecule has 0 aliphatic heterocycles. The van der Waals surface area contributed by atoms with Gasteiger partial charge in [-0.1, -0.05) is 88.7 Å². The van der Waals surface area contributed by atoms with Crippen LogP contribution in [0.4, 0.5) is 0 Å². The van der Waals surface area contributed by atoms with Gasteiger partial charge in [-0.2, -0.15) is 0 Å². The van der Waals surface area contributed by atoms with E-state index in [-0.39, 0.29) is 0 Å². The van der Waals surface area contributed by atoms with Crippen LogP contribution in [-0.4, -0.2) is 15.0 Å². The Balaban J connectivity index is 1.46. The normalized spacial score (nSPS) is 11.7. The number of furan rings is 1. The Bertz CT molecular complexity index is 2200. The number of benzene rings is 5. The van der Waals surface area contributed by atoms with Gasteiger partial charge in [-0.25, -0.2) is 15.0 Å². The Kier molecular flexibility index (Phi) is 5.11. The first-order chi connectivity index (χ1) is 19.2. The number of rotatable bonds is 3. The lowest BCUT2D eigenvalue weighted by molar-refractivity contribution is 0.669. The Hall–Kier alpha value is -4.39. The Morgan fingerprint density at radius 1 is 0.538 bits per heavy atom. The molecule has 6 heteroatoms. The zero-order valence-electron chi connectivity index (χ0n) is 20.4. The smallest absolute Gasteiger partial charge is 0.164 e. The fourth-order valence-electron chi connectivity index (χ4n) is 5.28. The summed E-state index contributed by atoms with van der Waals surface area (Å²) < 4.78 is 9.65. The molecular weight excluding hydrogens is 566 g/mol. The Morgan fingerprint density at radius 3 is 2.08 bits per heavy atom. The number of nitrogens with zero attached hydrogens (tertiary/aromatic N) is 3. The average molecular weight is 584 g/mol. The molecule has 0 N–H and O–H groups in total. The standard InChI is InChI=1S/C33H18BrN3OS/c34-20-16-17-27-24(18-20)30-23(12-7-15-28(30)39-27)33-36-31(19-8-2-1-3-9-19)35-32(37-33)22-11-6-14-26-29(22)21-10-4-5-13-25(21)38-26/h1-18H. The van der Waals surface area contributed by atoms with Gasteiger partial charge < -0.3 is 4.42 Å². The van der Waals surface area contributed by atoms with Crippen molar-refractivity contribution in [1.29, 1.82) is 0 Å². The average Bonchev–Trinajstić information content (AvgIpc) is 3.55. The van der Waals surface area contributed by atoms with Crippen LogP contribution in [0.3, 0.4) is 0 Å². The second-order valence-corrected chi connectivity index (χ2v) is 11.4. The fourth-order valence-corrected chi connectivity index (χ4v) is 6.75. The zero-order valence-corrected chi connectivity index (χ0v) is 22.8. The SMILES string of the molecule is Brc1ccc2sc3cccc(-c4nc(-c5ccccc5)nc(-c5cccc6oc7ccccc7c56)n4)c3c2c1. The summed E-state index contributed by atoms with van der Waals surface area (Å²) in [5.74, 6) is 1.90. The predicted octanol–water partition coefficient (Wildman–Crippen LogP) is 9.90. The van der Waals surface area contributed by atoms with Crippen molar-refractivity contribution in [1.82, 2.24) is 15.0 Å². The largest absolute Gasteiger partial charge is 0.456 e. The molecule has 0 unspecified atom stereocenters. The summed E-state index contributed by atoms with van der Waals surface area (Å²) in [7, 11) is 0. The number of fused-ring (bicyclic) bond motifs is 6. The van der Waals surface area contributed by atoms with E-state index in [4.69, 9.17) is 19.4 Å². The molecule has 0 aliphatic rings. The maximum atomic E-state index is 6.18. The number of thiophene rings is 1. The van der Waals surface area contributed by atoms with Crippen LogP contribution in [0.1, 0.15) is 0 Å². The maximum absolute atomic E-state index is 6.18. The first kappa shape index (κ1) is 22.6. The minimum atomic E-state index is 0.619. The van der Waals surface area contributed by atoms with Gasteiger partial charge >= 0.3 is 0 Å². The lowest BCUT2D eigenvalue weighted by atomic mass is 10.0. The number of aromatic nitrogens is 3. The third kappa shape index (κ3) is 3.67. The first-order valence-electron chi connectivity index (χ1n) is 12.6. The minimum Gasteiger partial charge on any atom is -0.456 e. The van der Waals surface area contributed by atoms with Gasteiger partial charge in [0.05, 0.1) is 0 Å². The Morgan fingerprint density at radius 2 is 1.23 bits per heavy atom. The van der Waals surface area contributed by atoms with Crippen LogP contribution in [0.2, 0.25) is 0 Å². The van der Waals surface area contributed by atoms with Gasteiger partial charge in [-0.15, -0.1) is 11.3 Å². The van der Waals surface area contributed by atoms with Crippen LogP contribution in [0.5, 0.6) is 0 Å². The van der Waals surface area contributed by atoms with E-state index in [1.54, 1.807) is 11.3 Å². The van der Waals surface area contributed by atoms with Gasteiger partial charge in [-0.05, 0) is 36.4 Å². The van der Waals surface area contributed by atoms with Crippen molar-refractivity contribution in [3.63, 3.8) is 0 Å². The topological polar surface area (TPSA) is 51.8 Å². The maximum Gasteiger partial charge on any atom is 0.164 e. The van der Waals surface area contributed by atoms with Crippen LogP contribution in [0.15, 0.2) is 118 Å². The fraction of sp³-hybridized carbons (Fsp3) is 0. The molecule has 5 aromatic carbocycles. The first-order valence-corrected chi connectivity index (χ1v) is 14.2. The van der Waals surface area contributed by atoms with Crippen molar-refractivity contribution >= 4 is 69.4 Å². The van der Waals surface area contributed by atoms with Crippen molar-refractivity contribution in [2.75, 3.05) is 0 Å². The summed E-state index contributed by atoms with van der Waals surface area (Å²) in [4.78, 5) is 15.2. The molecule has 0 aliphatic carbocycles. The van der Waals surface area contributed by atoms with Gasteiger partial charge in [0.25, 0.3) is 0 Å². The van der Waals surface area contributed by atoms with Gasteiger partial charge in [0.15, 0.2) is 17.5 Å². The molecule has 0 amide bonds. The highest BCUT2D eigenvalue weighted by atomic mass is 79.9. The summed E-state index contributed by atoms with van der Waals surface area (Å²) in [5.41, 5.74) is 4.51. The second-order valence-electron chi connectivity index (χ2n) is 9.37. The van der Waals surface area contributed by atoms with Crippen LogP contribution in [0, 0.1) is 0 Å². The van der Waals surface area contributed by atoms with Gasteiger partial charge in [0.2, 0.25) is 0 Å². The number of hydrogen-bond acceptors (Lipinski definition) is 5. The molecule has 0 spiro atoms. The van der Waals surface area contributed by atoms with Crippen molar-refractivity contribution in [2.45, 2.75) is 0 Å². The van der Waals surface area contributed by atoms with E-state index in [1.165, 1.54) is 14.8 Å². The molecule has 184 valence electrons. The molecular formula is C33H18BrN3OS. The highest BCUT2D eigenvalue weighted by Crippen LogP contribution is 2.41. The van der Waals surface area contributed by atoms with Gasteiger partial charge in [-0.3, -0.25) is 0 Å².